The van der Waals surface area contributed by atoms with Crippen molar-refractivity contribution in [1.29, 1.82) is 0 Å². The van der Waals surface area contributed by atoms with Gasteiger partial charge in [0.15, 0.2) is 11.7 Å². The van der Waals surface area contributed by atoms with E-state index in [9.17, 15) is 4.79 Å². The number of hydrogen-bond donors (Lipinski definition) is 1. The molecule has 2 N–H and O–H groups in total. The monoisotopic (exact) mass is 559 g/mol. The average molecular weight is 560 g/mol. The molecule has 212 valence electrons. The summed E-state index contributed by atoms with van der Waals surface area (Å²) in [4.78, 5) is 27.3. The number of amides is 1. The van der Waals surface area contributed by atoms with Crippen LogP contribution in [-0.4, -0.2) is 59.6 Å². The van der Waals surface area contributed by atoms with Gasteiger partial charge in [-0.25, -0.2) is 4.99 Å². The number of fused-ring (bicyclic) bond motifs is 1. The fourth-order valence-electron chi connectivity index (χ4n) is 5.58. The van der Waals surface area contributed by atoms with Crippen LogP contribution in [0.4, 0.5) is 0 Å². The number of nitrogens with zero attached hydrogens (tertiary/aromatic N) is 4. The molecule has 1 heterocycles. The van der Waals surface area contributed by atoms with Crippen LogP contribution in [0.5, 0.6) is 0 Å². The van der Waals surface area contributed by atoms with E-state index >= 15 is 0 Å². The van der Waals surface area contributed by atoms with Crippen LogP contribution in [-0.2, 0) is 4.79 Å². The lowest BCUT2D eigenvalue weighted by atomic mass is 9.77. The predicted octanol–water partition coefficient (Wildman–Crippen LogP) is 6.49. The van der Waals surface area contributed by atoms with Crippen LogP contribution in [0.15, 0.2) is 76.4 Å². The van der Waals surface area contributed by atoms with E-state index in [1.807, 2.05) is 49.2 Å². The van der Waals surface area contributed by atoms with E-state index in [-0.39, 0.29) is 17.9 Å². The number of benzene rings is 2. The molecule has 0 radical (unpaired) electrons. The lowest BCUT2D eigenvalue weighted by Gasteiger charge is -2.42. The predicted molar refractivity (Wildman–Crippen MR) is 168 cm³/mol. The highest BCUT2D eigenvalue weighted by Crippen LogP contribution is 2.38. The molecular weight excluding hydrogens is 518 g/mol. The topological polar surface area (TPSA) is 74.3 Å². The molecule has 40 heavy (non-hydrogen) atoms. The third-order valence-electron chi connectivity index (χ3n) is 8.35. The summed E-state index contributed by atoms with van der Waals surface area (Å²) in [5.74, 6) is 2.03. The number of aliphatic imine (C=N–C) groups is 2. The highest BCUT2D eigenvalue weighted by molar-refractivity contribution is 6.40. The second kappa shape index (κ2) is 12.9. The Morgan fingerprint density at radius 2 is 1.90 bits per heavy atom. The van der Waals surface area contributed by atoms with Crippen LogP contribution in [0.3, 0.4) is 0 Å². The first kappa shape index (κ1) is 29.6. The number of hydrogen-bond acceptors (Lipinski definition) is 3. The maximum absolute atomic E-state index is 13.8. The van der Waals surface area contributed by atoms with Gasteiger partial charge in [-0.05, 0) is 67.0 Å². The normalized spacial score (nSPS) is 23.0. The number of carbonyl (C=O) groups excluding carboxylic acids is 1. The second-order valence-electron chi connectivity index (χ2n) is 11.1. The first-order chi connectivity index (χ1) is 19.1. The smallest absolute Gasteiger partial charge is 0.254 e. The Kier molecular flexibility index (Phi) is 9.52. The molecule has 2 aromatic rings. The summed E-state index contributed by atoms with van der Waals surface area (Å²) in [6, 6.07) is 16.2. The SMILES string of the molecule is CCN=C(C(N)=N/C=C(\C)C(C)c1cccc(Cl)c1)N1CCN(C(=O)C2=CC(C)C(C)c3ccccc32)C(C)C1. The van der Waals surface area contributed by atoms with E-state index < -0.39 is 0 Å². The number of piperazine rings is 1. The standard InChI is InChI=1S/C33H42ClN5O/c1-7-36-32(31(35)37-19-22(3)24(5)26-11-10-12-27(34)18-26)38-15-16-39(23(4)20-38)33(40)30-17-21(2)25(6)28-13-8-9-14-29(28)30/h8-14,17-19,21,23-25H,7,15-16,20H2,1-6H3,(H2,35,37)/b22-19+,36-32?. The maximum atomic E-state index is 13.8. The molecule has 4 atom stereocenters. The second-order valence-corrected chi connectivity index (χ2v) is 11.5. The Hall–Kier alpha value is -3.38. The molecule has 1 fully saturated rings. The van der Waals surface area contributed by atoms with Gasteiger partial charge in [0.05, 0.1) is 0 Å². The molecule has 1 saturated heterocycles. The summed E-state index contributed by atoms with van der Waals surface area (Å²) in [6.07, 6.45) is 3.98. The van der Waals surface area contributed by atoms with E-state index in [1.54, 1.807) is 0 Å². The zero-order chi connectivity index (χ0) is 29.0. The van der Waals surface area contributed by atoms with Gasteiger partial charge in [0.1, 0.15) is 0 Å². The van der Waals surface area contributed by atoms with Crippen molar-refractivity contribution in [3.05, 3.63) is 88.1 Å². The summed E-state index contributed by atoms with van der Waals surface area (Å²) in [7, 11) is 0. The quantitative estimate of drug-likeness (QED) is 0.336. The van der Waals surface area contributed by atoms with E-state index in [0.29, 0.717) is 49.7 Å². The highest BCUT2D eigenvalue weighted by atomic mass is 35.5. The Morgan fingerprint density at radius 3 is 2.60 bits per heavy atom. The van der Waals surface area contributed by atoms with E-state index in [0.717, 1.165) is 27.3 Å². The molecule has 2 aliphatic rings. The lowest BCUT2D eigenvalue weighted by molar-refractivity contribution is -0.128. The van der Waals surface area contributed by atoms with Gasteiger partial charge in [-0.15, -0.1) is 0 Å². The van der Waals surface area contributed by atoms with Gasteiger partial charge in [0.25, 0.3) is 5.91 Å². The maximum Gasteiger partial charge on any atom is 0.254 e. The van der Waals surface area contributed by atoms with Gasteiger partial charge < -0.3 is 15.5 Å². The number of rotatable bonds is 5. The highest BCUT2D eigenvalue weighted by Gasteiger charge is 2.34. The summed E-state index contributed by atoms with van der Waals surface area (Å²) < 4.78 is 0. The minimum Gasteiger partial charge on any atom is -0.381 e. The minimum absolute atomic E-state index is 0.000968. The van der Waals surface area contributed by atoms with Crippen molar-refractivity contribution in [2.45, 2.75) is 59.4 Å². The van der Waals surface area contributed by atoms with Gasteiger partial charge >= 0.3 is 0 Å². The summed E-state index contributed by atoms with van der Waals surface area (Å²) >= 11 is 6.19. The van der Waals surface area contributed by atoms with Crippen LogP contribution < -0.4 is 5.73 Å². The molecule has 7 heteroatoms. The molecule has 0 aromatic heterocycles. The average Bonchev–Trinajstić information content (AvgIpc) is 2.95. The van der Waals surface area contributed by atoms with Gasteiger partial charge in [0, 0.05) is 54.9 Å². The summed E-state index contributed by atoms with van der Waals surface area (Å²) in [5, 5.41) is 0.720. The fraction of sp³-hybridized carbons (Fsp3) is 0.424. The number of nitrogens with two attached hydrogens (primary N) is 1. The minimum atomic E-state index is -0.000968. The molecule has 1 aliphatic carbocycles. The van der Waals surface area contributed by atoms with Crippen LogP contribution in [0.1, 0.15) is 70.1 Å². The number of amidine groups is 2. The zero-order valence-corrected chi connectivity index (χ0v) is 25.3. The van der Waals surface area contributed by atoms with Gasteiger partial charge in [-0.3, -0.25) is 9.79 Å². The van der Waals surface area contributed by atoms with Crippen molar-refractivity contribution in [3.8, 4) is 0 Å². The van der Waals surface area contributed by atoms with E-state index in [4.69, 9.17) is 22.3 Å². The summed E-state index contributed by atoms with van der Waals surface area (Å²) in [5.41, 5.74) is 11.8. The molecule has 1 aliphatic heterocycles. The van der Waals surface area contributed by atoms with Gasteiger partial charge in [-0.1, -0.05) is 74.8 Å². The molecular formula is C33H42ClN5O. The van der Waals surface area contributed by atoms with Crippen molar-refractivity contribution in [3.63, 3.8) is 0 Å². The van der Waals surface area contributed by atoms with Crippen LogP contribution in [0.2, 0.25) is 5.02 Å². The van der Waals surface area contributed by atoms with Gasteiger partial charge in [0.2, 0.25) is 0 Å². The molecule has 0 saturated carbocycles. The van der Waals surface area contributed by atoms with Crippen molar-refractivity contribution in [2.75, 3.05) is 26.2 Å². The number of allylic oxidation sites excluding steroid dienone is 2. The molecule has 4 rings (SSSR count). The van der Waals surface area contributed by atoms with Crippen LogP contribution in [0, 0.1) is 5.92 Å². The van der Waals surface area contributed by atoms with Crippen molar-refractivity contribution < 1.29 is 4.79 Å². The van der Waals surface area contributed by atoms with Gasteiger partial charge in [-0.2, -0.15) is 0 Å². The molecule has 1 amide bonds. The molecule has 2 aromatic carbocycles. The van der Waals surface area contributed by atoms with Crippen molar-refractivity contribution >= 4 is 34.8 Å². The summed E-state index contributed by atoms with van der Waals surface area (Å²) in [6.45, 7) is 15.2. The Labute approximate surface area is 244 Å². The molecule has 6 nitrogen and oxygen atoms in total. The number of halogens is 1. The third kappa shape index (κ3) is 6.33. The van der Waals surface area contributed by atoms with E-state index in [2.05, 4.69) is 67.9 Å². The Morgan fingerprint density at radius 1 is 1.15 bits per heavy atom. The van der Waals surface area contributed by atoms with Crippen LogP contribution >= 0.6 is 11.6 Å². The largest absolute Gasteiger partial charge is 0.381 e. The lowest BCUT2D eigenvalue weighted by Crippen LogP contribution is -2.57. The first-order valence-electron chi connectivity index (χ1n) is 14.3. The molecule has 0 bridgehead atoms. The molecule has 0 spiro atoms. The fourth-order valence-corrected chi connectivity index (χ4v) is 5.78. The zero-order valence-electron chi connectivity index (χ0n) is 24.6. The molecule has 4 unspecified atom stereocenters. The van der Waals surface area contributed by atoms with Crippen molar-refractivity contribution in [1.82, 2.24) is 9.80 Å². The Bertz CT molecular complexity index is 1360. The van der Waals surface area contributed by atoms with Crippen molar-refractivity contribution in [2.24, 2.45) is 21.6 Å². The third-order valence-corrected chi connectivity index (χ3v) is 8.59. The number of carbonyl (C=O) groups is 1. The first-order valence-corrected chi connectivity index (χ1v) is 14.7. The Balaban J connectivity index is 1.48. The van der Waals surface area contributed by atoms with Crippen LogP contribution in [0.25, 0.3) is 5.57 Å². The van der Waals surface area contributed by atoms with E-state index in [1.165, 1.54) is 5.56 Å².